The summed E-state index contributed by atoms with van der Waals surface area (Å²) in [7, 11) is -3.61. The molecule has 4 nitrogen and oxygen atoms in total. The highest BCUT2D eigenvalue weighted by atomic mass is 32.2. The molecule has 0 bridgehead atoms. The molecule has 2 N–H and O–H groups in total. The quantitative estimate of drug-likeness (QED) is 0.690. The van der Waals surface area contributed by atoms with Crippen LogP contribution in [-0.2, 0) is 35.7 Å². The van der Waals surface area contributed by atoms with Crippen LogP contribution in [0.5, 0.6) is 0 Å². The van der Waals surface area contributed by atoms with Crippen molar-refractivity contribution in [3.8, 4) is 0 Å². The number of aromatic amines is 1. The van der Waals surface area contributed by atoms with Gasteiger partial charge in [0.2, 0.25) is 0 Å². The van der Waals surface area contributed by atoms with Gasteiger partial charge in [0.05, 0.1) is 10.6 Å². The van der Waals surface area contributed by atoms with Crippen molar-refractivity contribution in [2.45, 2.75) is 56.3 Å². The Balaban J connectivity index is 1.54. The molecule has 5 heteroatoms. The summed E-state index contributed by atoms with van der Waals surface area (Å²) in [6.45, 7) is 0. The fraction of sp³-hybridized carbons (Fsp3) is 0.364. The van der Waals surface area contributed by atoms with Gasteiger partial charge in [0.15, 0.2) is 0 Å². The van der Waals surface area contributed by atoms with Gasteiger partial charge in [0, 0.05) is 16.6 Å². The molecule has 2 aliphatic carbocycles. The average molecular weight is 381 g/mol. The maximum Gasteiger partial charge on any atom is 0.261 e. The van der Waals surface area contributed by atoms with Gasteiger partial charge in [0.1, 0.15) is 0 Å². The van der Waals surface area contributed by atoms with E-state index in [1.165, 1.54) is 36.1 Å². The largest absolute Gasteiger partial charge is 0.358 e. The van der Waals surface area contributed by atoms with Crippen molar-refractivity contribution in [2.24, 2.45) is 0 Å². The molecule has 3 aromatic rings. The maximum absolute atomic E-state index is 13.1. The monoisotopic (exact) mass is 380 g/mol. The van der Waals surface area contributed by atoms with Crippen LogP contribution in [0, 0.1) is 0 Å². The molecule has 2 aromatic carbocycles. The van der Waals surface area contributed by atoms with E-state index >= 15 is 0 Å². The minimum absolute atomic E-state index is 0.343. The van der Waals surface area contributed by atoms with Crippen LogP contribution in [0.1, 0.15) is 48.1 Å². The summed E-state index contributed by atoms with van der Waals surface area (Å²) in [6, 6.07) is 11.4. The zero-order chi connectivity index (χ0) is 18.4. The Labute approximate surface area is 160 Å². The van der Waals surface area contributed by atoms with E-state index in [4.69, 9.17) is 0 Å². The van der Waals surface area contributed by atoms with Crippen LogP contribution in [0.15, 0.2) is 41.3 Å². The minimum Gasteiger partial charge on any atom is -0.358 e. The summed E-state index contributed by atoms with van der Waals surface area (Å²) < 4.78 is 29.1. The molecule has 1 aromatic heterocycles. The second kappa shape index (κ2) is 6.41. The van der Waals surface area contributed by atoms with Crippen molar-refractivity contribution in [2.75, 3.05) is 4.72 Å². The van der Waals surface area contributed by atoms with Crippen LogP contribution in [0.25, 0.3) is 10.9 Å². The lowest BCUT2D eigenvalue weighted by molar-refractivity contribution is 0.601. The number of aromatic nitrogens is 1. The molecular formula is C22H24N2O2S. The molecule has 5 rings (SSSR count). The average Bonchev–Trinajstić information content (AvgIpc) is 3.06. The van der Waals surface area contributed by atoms with Crippen LogP contribution < -0.4 is 4.72 Å². The van der Waals surface area contributed by atoms with Crippen molar-refractivity contribution in [1.29, 1.82) is 0 Å². The number of hydrogen-bond acceptors (Lipinski definition) is 2. The van der Waals surface area contributed by atoms with Crippen molar-refractivity contribution in [3.05, 3.63) is 58.8 Å². The fourth-order valence-electron chi connectivity index (χ4n) is 4.63. The number of fused-ring (bicyclic) bond motifs is 4. The molecule has 140 valence electrons. The number of hydrogen-bond donors (Lipinski definition) is 2. The number of nitrogens with one attached hydrogen (secondary N) is 2. The Bertz CT molecular complexity index is 1130. The molecule has 1 heterocycles. The smallest absolute Gasteiger partial charge is 0.261 e. The lowest BCUT2D eigenvalue weighted by atomic mass is 9.91. The van der Waals surface area contributed by atoms with Crippen molar-refractivity contribution in [3.63, 3.8) is 0 Å². The molecule has 0 unspecified atom stereocenters. The SMILES string of the molecule is O=S(=O)(Nc1cccc2c1CCCC2)c1ccc2[nH]c3c(c2c1)CCCC3. The third kappa shape index (κ3) is 2.94. The van der Waals surface area contributed by atoms with Crippen molar-refractivity contribution in [1.82, 2.24) is 4.98 Å². The first-order chi connectivity index (χ1) is 13.1. The predicted octanol–water partition coefficient (Wildman–Crippen LogP) is 4.73. The van der Waals surface area contributed by atoms with Crippen molar-refractivity contribution < 1.29 is 8.42 Å². The Morgan fingerprint density at radius 1 is 0.852 bits per heavy atom. The van der Waals surface area contributed by atoms with E-state index in [0.29, 0.717) is 4.90 Å². The first-order valence-electron chi connectivity index (χ1n) is 9.89. The topological polar surface area (TPSA) is 62.0 Å². The summed E-state index contributed by atoms with van der Waals surface area (Å²) in [5.41, 5.74) is 6.78. The van der Waals surface area contributed by atoms with Gasteiger partial charge in [-0.25, -0.2) is 8.42 Å². The summed E-state index contributed by atoms with van der Waals surface area (Å²) in [5.74, 6) is 0. The molecule has 0 radical (unpaired) electrons. The van der Waals surface area contributed by atoms with E-state index in [9.17, 15) is 8.42 Å². The third-order valence-electron chi connectivity index (χ3n) is 6.02. The van der Waals surface area contributed by atoms with Crippen LogP contribution in [0.3, 0.4) is 0 Å². The zero-order valence-corrected chi connectivity index (χ0v) is 16.2. The number of aryl methyl sites for hydroxylation is 3. The van der Waals surface area contributed by atoms with E-state index in [0.717, 1.165) is 54.3 Å². The van der Waals surface area contributed by atoms with Crippen LogP contribution >= 0.6 is 0 Å². The van der Waals surface area contributed by atoms with Gasteiger partial charge >= 0.3 is 0 Å². The first-order valence-corrected chi connectivity index (χ1v) is 11.4. The van der Waals surface area contributed by atoms with Crippen LogP contribution in [0.2, 0.25) is 0 Å². The molecule has 0 saturated carbocycles. The molecule has 0 atom stereocenters. The number of H-pyrrole nitrogens is 1. The van der Waals surface area contributed by atoms with Gasteiger partial charge in [-0.2, -0.15) is 0 Å². The normalized spacial score (nSPS) is 16.7. The van der Waals surface area contributed by atoms with Gasteiger partial charge in [-0.05, 0) is 92.3 Å². The molecule has 2 aliphatic rings. The highest BCUT2D eigenvalue weighted by molar-refractivity contribution is 7.92. The van der Waals surface area contributed by atoms with Gasteiger partial charge in [0.25, 0.3) is 10.0 Å². The third-order valence-corrected chi connectivity index (χ3v) is 7.38. The standard InChI is InChI=1S/C22H24N2O2S/c25-27(26,24-22-11-5-7-15-6-1-2-8-17(15)22)16-12-13-21-19(14-16)18-9-3-4-10-20(18)23-21/h5,7,11-14,23-24H,1-4,6,8-10H2. The number of benzene rings is 2. The van der Waals surface area contributed by atoms with Crippen LogP contribution in [-0.4, -0.2) is 13.4 Å². The Morgan fingerprint density at radius 3 is 2.52 bits per heavy atom. The van der Waals surface area contributed by atoms with Gasteiger partial charge in [-0.3, -0.25) is 4.72 Å². The second-order valence-corrected chi connectivity index (χ2v) is 9.43. The summed E-state index contributed by atoms with van der Waals surface area (Å²) in [5, 5.41) is 1.06. The van der Waals surface area contributed by atoms with E-state index in [2.05, 4.69) is 15.8 Å². The molecule has 0 saturated heterocycles. The first kappa shape index (κ1) is 16.9. The van der Waals surface area contributed by atoms with Crippen molar-refractivity contribution >= 4 is 26.6 Å². The molecule has 0 spiro atoms. The molecular weight excluding hydrogens is 356 g/mol. The van der Waals surface area contributed by atoms with E-state index in [-0.39, 0.29) is 0 Å². The summed E-state index contributed by atoms with van der Waals surface area (Å²) in [4.78, 5) is 3.81. The summed E-state index contributed by atoms with van der Waals surface area (Å²) in [6.07, 6.45) is 8.73. The van der Waals surface area contributed by atoms with Gasteiger partial charge in [-0.15, -0.1) is 0 Å². The fourth-order valence-corrected chi connectivity index (χ4v) is 5.75. The molecule has 27 heavy (non-hydrogen) atoms. The highest BCUT2D eigenvalue weighted by Crippen LogP contribution is 2.32. The number of anilines is 1. The predicted molar refractivity (Wildman–Crippen MR) is 109 cm³/mol. The second-order valence-electron chi connectivity index (χ2n) is 7.75. The van der Waals surface area contributed by atoms with E-state index in [1.54, 1.807) is 6.07 Å². The Kier molecular flexibility index (Phi) is 4.01. The number of rotatable bonds is 3. The Hall–Kier alpha value is -2.27. The minimum atomic E-state index is -3.61. The lowest BCUT2D eigenvalue weighted by Crippen LogP contribution is -2.16. The van der Waals surface area contributed by atoms with E-state index in [1.807, 2.05) is 24.3 Å². The van der Waals surface area contributed by atoms with Gasteiger partial charge < -0.3 is 4.98 Å². The maximum atomic E-state index is 13.1. The lowest BCUT2D eigenvalue weighted by Gasteiger charge is -2.20. The highest BCUT2D eigenvalue weighted by Gasteiger charge is 2.21. The molecule has 0 fully saturated rings. The van der Waals surface area contributed by atoms with E-state index < -0.39 is 10.0 Å². The molecule has 0 amide bonds. The molecule has 0 aliphatic heterocycles. The zero-order valence-electron chi connectivity index (χ0n) is 15.3. The number of sulfonamides is 1. The van der Waals surface area contributed by atoms with Crippen LogP contribution in [0.4, 0.5) is 5.69 Å². The summed E-state index contributed by atoms with van der Waals surface area (Å²) >= 11 is 0. The Morgan fingerprint density at radius 2 is 1.63 bits per heavy atom. The van der Waals surface area contributed by atoms with Gasteiger partial charge in [-0.1, -0.05) is 12.1 Å².